The van der Waals surface area contributed by atoms with Gasteiger partial charge in [0.1, 0.15) is 5.82 Å². The number of benzene rings is 1. The second-order valence-electron chi connectivity index (χ2n) is 3.71. The number of aryl methyl sites for hydroxylation is 1. The second kappa shape index (κ2) is 4.81. The summed E-state index contributed by atoms with van der Waals surface area (Å²) >= 11 is 0. The molecule has 4 heteroatoms. The van der Waals surface area contributed by atoms with Gasteiger partial charge in [-0.25, -0.2) is 4.98 Å². The number of nitrogens with one attached hydrogen (secondary N) is 2. The molecule has 0 aliphatic heterocycles. The van der Waals surface area contributed by atoms with Crippen LogP contribution >= 0.6 is 0 Å². The first-order valence-electron chi connectivity index (χ1n) is 5.22. The second-order valence-corrected chi connectivity index (χ2v) is 3.71. The lowest BCUT2D eigenvalue weighted by atomic mass is 10.2. The van der Waals surface area contributed by atoms with Crippen LogP contribution in [0.4, 0.5) is 5.69 Å². The Morgan fingerprint density at radius 3 is 3.00 bits per heavy atom. The molecule has 0 atom stereocenters. The van der Waals surface area contributed by atoms with Crippen molar-refractivity contribution in [2.24, 2.45) is 0 Å². The van der Waals surface area contributed by atoms with Crippen LogP contribution in [0.15, 0.2) is 30.5 Å². The van der Waals surface area contributed by atoms with E-state index in [4.69, 9.17) is 5.11 Å². The molecule has 84 valence electrons. The Morgan fingerprint density at radius 2 is 2.31 bits per heavy atom. The van der Waals surface area contributed by atoms with E-state index in [1.54, 1.807) is 0 Å². The molecule has 0 aliphatic carbocycles. The van der Waals surface area contributed by atoms with Crippen molar-refractivity contribution in [3.8, 4) is 0 Å². The highest BCUT2D eigenvalue weighted by atomic mass is 16.3. The molecule has 16 heavy (non-hydrogen) atoms. The lowest BCUT2D eigenvalue weighted by molar-refractivity contribution is 0.282. The van der Waals surface area contributed by atoms with E-state index in [-0.39, 0.29) is 6.61 Å². The van der Waals surface area contributed by atoms with Gasteiger partial charge in [0.15, 0.2) is 0 Å². The molecule has 0 amide bonds. The number of hydrogen-bond acceptors (Lipinski definition) is 3. The fourth-order valence-electron chi connectivity index (χ4n) is 1.54. The molecule has 4 nitrogen and oxygen atoms in total. The standard InChI is InChI=1S/C12H15N3O/c1-9-13-6-12(15-9)7-14-11-4-2-3-10(5-11)8-16/h2-6,14,16H,7-8H2,1H3,(H,13,15). The van der Waals surface area contributed by atoms with Gasteiger partial charge in [0, 0.05) is 5.69 Å². The van der Waals surface area contributed by atoms with Gasteiger partial charge >= 0.3 is 0 Å². The third kappa shape index (κ3) is 2.61. The number of aromatic nitrogens is 2. The first kappa shape index (κ1) is 10.7. The Balaban J connectivity index is 1.99. The van der Waals surface area contributed by atoms with Crippen molar-refractivity contribution in [1.29, 1.82) is 0 Å². The molecule has 2 rings (SSSR count). The fraction of sp³-hybridized carbons (Fsp3) is 0.250. The summed E-state index contributed by atoms with van der Waals surface area (Å²) in [5.74, 6) is 0.918. The zero-order chi connectivity index (χ0) is 11.4. The van der Waals surface area contributed by atoms with Crippen molar-refractivity contribution in [2.45, 2.75) is 20.1 Å². The van der Waals surface area contributed by atoms with Crippen LogP contribution in [0.1, 0.15) is 17.1 Å². The summed E-state index contributed by atoms with van der Waals surface area (Å²) in [5.41, 5.74) is 2.96. The highest BCUT2D eigenvalue weighted by Crippen LogP contribution is 2.11. The highest BCUT2D eigenvalue weighted by Gasteiger charge is 1.97. The molecule has 0 fully saturated rings. The van der Waals surface area contributed by atoms with Crippen LogP contribution in [0.25, 0.3) is 0 Å². The Bertz CT molecular complexity index is 465. The summed E-state index contributed by atoms with van der Waals surface area (Å²) in [7, 11) is 0. The third-order valence-corrected chi connectivity index (χ3v) is 2.35. The number of aliphatic hydroxyl groups is 1. The molecular weight excluding hydrogens is 202 g/mol. The average molecular weight is 217 g/mol. The Labute approximate surface area is 94.4 Å². The summed E-state index contributed by atoms with van der Waals surface area (Å²) < 4.78 is 0. The molecule has 0 saturated heterocycles. The SMILES string of the molecule is Cc1ncc(CNc2cccc(CO)c2)[nH]1. The maximum Gasteiger partial charge on any atom is 0.103 e. The lowest BCUT2D eigenvalue weighted by Gasteiger charge is -2.05. The van der Waals surface area contributed by atoms with Crippen LogP contribution < -0.4 is 5.32 Å². The summed E-state index contributed by atoms with van der Waals surface area (Å²) in [6.45, 7) is 2.70. The minimum atomic E-state index is 0.0681. The maximum absolute atomic E-state index is 9.01. The van der Waals surface area contributed by atoms with E-state index in [1.807, 2.05) is 37.4 Å². The molecule has 0 spiro atoms. The van der Waals surface area contributed by atoms with Gasteiger partial charge in [0.05, 0.1) is 25.0 Å². The van der Waals surface area contributed by atoms with Crippen LogP contribution in [0.3, 0.4) is 0 Å². The predicted molar refractivity (Wildman–Crippen MR) is 63.0 cm³/mol. The summed E-state index contributed by atoms with van der Waals surface area (Å²) in [4.78, 5) is 7.28. The summed E-state index contributed by atoms with van der Waals surface area (Å²) in [5, 5.41) is 12.3. The van der Waals surface area contributed by atoms with E-state index in [9.17, 15) is 0 Å². The smallest absolute Gasteiger partial charge is 0.103 e. The monoisotopic (exact) mass is 217 g/mol. The number of H-pyrrole nitrogens is 1. The van der Waals surface area contributed by atoms with Gasteiger partial charge < -0.3 is 15.4 Å². The molecule has 0 bridgehead atoms. The third-order valence-electron chi connectivity index (χ3n) is 2.35. The molecule has 0 aliphatic rings. The quantitative estimate of drug-likeness (QED) is 0.732. The molecule has 0 saturated carbocycles. The van der Waals surface area contributed by atoms with E-state index < -0.39 is 0 Å². The van der Waals surface area contributed by atoms with E-state index in [0.717, 1.165) is 22.8 Å². The fourth-order valence-corrected chi connectivity index (χ4v) is 1.54. The molecule has 2 aromatic rings. The number of anilines is 1. The zero-order valence-electron chi connectivity index (χ0n) is 9.20. The van der Waals surface area contributed by atoms with E-state index in [2.05, 4.69) is 15.3 Å². The average Bonchev–Trinajstić information content (AvgIpc) is 2.73. The van der Waals surface area contributed by atoms with E-state index in [1.165, 1.54) is 0 Å². The number of nitrogens with zero attached hydrogens (tertiary/aromatic N) is 1. The Kier molecular flexibility index (Phi) is 3.22. The van der Waals surface area contributed by atoms with E-state index >= 15 is 0 Å². The van der Waals surface area contributed by atoms with Gasteiger partial charge in [0.2, 0.25) is 0 Å². The summed E-state index contributed by atoms with van der Waals surface area (Å²) in [6.07, 6.45) is 1.82. The minimum absolute atomic E-state index is 0.0681. The first-order chi connectivity index (χ1) is 7.78. The summed E-state index contributed by atoms with van der Waals surface area (Å²) in [6, 6.07) is 7.73. The van der Waals surface area contributed by atoms with Crippen molar-refractivity contribution in [3.05, 3.63) is 47.5 Å². The lowest BCUT2D eigenvalue weighted by Crippen LogP contribution is -2.00. The van der Waals surface area contributed by atoms with Gasteiger partial charge in [-0.05, 0) is 24.6 Å². The van der Waals surface area contributed by atoms with Crippen LogP contribution in [0, 0.1) is 6.92 Å². The Morgan fingerprint density at radius 1 is 1.44 bits per heavy atom. The van der Waals surface area contributed by atoms with Crippen molar-refractivity contribution in [2.75, 3.05) is 5.32 Å². The largest absolute Gasteiger partial charge is 0.392 e. The van der Waals surface area contributed by atoms with Gasteiger partial charge in [0.25, 0.3) is 0 Å². The molecule has 1 heterocycles. The number of aromatic amines is 1. The molecule has 3 N–H and O–H groups in total. The molecule has 1 aromatic heterocycles. The molecule has 1 aromatic carbocycles. The van der Waals surface area contributed by atoms with Gasteiger partial charge in [-0.1, -0.05) is 12.1 Å². The van der Waals surface area contributed by atoms with Gasteiger partial charge in [-0.15, -0.1) is 0 Å². The molecule has 0 radical (unpaired) electrons. The van der Waals surface area contributed by atoms with Crippen LogP contribution in [-0.4, -0.2) is 15.1 Å². The number of rotatable bonds is 4. The van der Waals surface area contributed by atoms with Crippen LogP contribution in [0.5, 0.6) is 0 Å². The number of imidazole rings is 1. The topological polar surface area (TPSA) is 60.9 Å². The minimum Gasteiger partial charge on any atom is -0.392 e. The normalized spacial score (nSPS) is 10.4. The number of hydrogen-bond donors (Lipinski definition) is 3. The molecule has 0 unspecified atom stereocenters. The first-order valence-corrected chi connectivity index (χ1v) is 5.22. The highest BCUT2D eigenvalue weighted by molar-refractivity contribution is 5.45. The maximum atomic E-state index is 9.01. The van der Waals surface area contributed by atoms with Crippen molar-refractivity contribution >= 4 is 5.69 Å². The predicted octanol–water partition coefficient (Wildman–Crippen LogP) is 1.82. The van der Waals surface area contributed by atoms with Crippen molar-refractivity contribution in [1.82, 2.24) is 9.97 Å². The van der Waals surface area contributed by atoms with Gasteiger partial charge in [-0.2, -0.15) is 0 Å². The number of aliphatic hydroxyl groups excluding tert-OH is 1. The zero-order valence-corrected chi connectivity index (χ0v) is 9.20. The molecular formula is C12H15N3O. The van der Waals surface area contributed by atoms with Crippen molar-refractivity contribution < 1.29 is 5.11 Å². The van der Waals surface area contributed by atoms with Crippen molar-refractivity contribution in [3.63, 3.8) is 0 Å². The van der Waals surface area contributed by atoms with E-state index in [0.29, 0.717) is 6.54 Å². The van der Waals surface area contributed by atoms with Gasteiger partial charge in [-0.3, -0.25) is 0 Å². The van der Waals surface area contributed by atoms with Crippen LogP contribution in [-0.2, 0) is 13.2 Å². The van der Waals surface area contributed by atoms with Crippen LogP contribution in [0.2, 0.25) is 0 Å². The Hall–Kier alpha value is -1.81.